The summed E-state index contributed by atoms with van der Waals surface area (Å²) in [4.78, 5) is 31.4. The molecule has 0 bridgehead atoms. The molecule has 1 saturated carbocycles. The zero-order valence-corrected chi connectivity index (χ0v) is 16.1. The van der Waals surface area contributed by atoms with E-state index in [2.05, 4.69) is 20.6 Å². The Hall–Kier alpha value is -1.47. The van der Waals surface area contributed by atoms with Gasteiger partial charge in [0.05, 0.1) is 29.8 Å². The molecule has 142 valence electrons. The number of aryl methyl sites for hydroxylation is 1. The fraction of sp³-hybridized carbons (Fsp3) is 0.737. The van der Waals surface area contributed by atoms with Gasteiger partial charge in [-0.3, -0.25) is 9.59 Å². The van der Waals surface area contributed by atoms with Gasteiger partial charge in [0.1, 0.15) is 0 Å². The summed E-state index contributed by atoms with van der Waals surface area (Å²) in [6.45, 7) is 3.87. The first-order valence-corrected chi connectivity index (χ1v) is 10.5. The summed E-state index contributed by atoms with van der Waals surface area (Å²) in [5.74, 6) is 0.408. The van der Waals surface area contributed by atoms with Crippen LogP contribution >= 0.6 is 11.3 Å². The number of hydrogen-bond donors (Lipinski definition) is 1. The molecule has 6 nitrogen and oxygen atoms in total. The molecule has 2 aliphatic heterocycles. The van der Waals surface area contributed by atoms with E-state index in [1.54, 1.807) is 11.3 Å². The number of ether oxygens (including phenoxy) is 1. The van der Waals surface area contributed by atoms with Crippen molar-refractivity contribution in [1.29, 1.82) is 0 Å². The van der Waals surface area contributed by atoms with Crippen LogP contribution in [0, 0.1) is 12.8 Å². The lowest BCUT2D eigenvalue weighted by molar-refractivity contribution is -0.133. The molecule has 3 fully saturated rings. The lowest BCUT2D eigenvalue weighted by Gasteiger charge is -2.44. The number of likely N-dealkylation sites (tertiary alicyclic amines) is 1. The van der Waals surface area contributed by atoms with Crippen LogP contribution in [0.5, 0.6) is 0 Å². The van der Waals surface area contributed by atoms with Crippen LogP contribution in [-0.2, 0) is 20.9 Å². The Kier molecular flexibility index (Phi) is 5.01. The third-order valence-corrected chi connectivity index (χ3v) is 7.05. The van der Waals surface area contributed by atoms with Gasteiger partial charge in [0.25, 0.3) is 0 Å². The Morgan fingerprint density at radius 2 is 2.19 bits per heavy atom. The Labute approximate surface area is 158 Å². The van der Waals surface area contributed by atoms with Crippen molar-refractivity contribution in [2.75, 3.05) is 13.2 Å². The Morgan fingerprint density at radius 3 is 2.85 bits per heavy atom. The summed E-state index contributed by atoms with van der Waals surface area (Å²) in [5.41, 5.74) is 0.963. The number of thiazole rings is 1. The molecule has 3 heterocycles. The Balaban J connectivity index is 1.36. The van der Waals surface area contributed by atoms with Crippen molar-refractivity contribution < 1.29 is 14.3 Å². The SMILES string of the molecule is Cc1nc(CN2C(=O)CCC23CCC(NC(=O)C2CCOC2)CC3)cs1. The van der Waals surface area contributed by atoms with Crippen molar-refractivity contribution in [1.82, 2.24) is 15.2 Å². The summed E-state index contributed by atoms with van der Waals surface area (Å²) in [6.07, 6.45) is 6.23. The maximum atomic E-state index is 12.5. The van der Waals surface area contributed by atoms with E-state index in [1.165, 1.54) is 0 Å². The van der Waals surface area contributed by atoms with Crippen molar-refractivity contribution in [3.05, 3.63) is 16.1 Å². The average Bonchev–Trinajstić information content (AvgIpc) is 3.36. The fourth-order valence-corrected chi connectivity index (χ4v) is 5.26. The minimum Gasteiger partial charge on any atom is -0.381 e. The number of carbonyl (C=O) groups excluding carboxylic acids is 2. The molecule has 1 atom stereocenters. The first-order valence-electron chi connectivity index (χ1n) is 9.65. The van der Waals surface area contributed by atoms with Crippen LogP contribution in [0.3, 0.4) is 0 Å². The average molecular weight is 378 g/mol. The van der Waals surface area contributed by atoms with Gasteiger partial charge in [-0.15, -0.1) is 11.3 Å². The topological polar surface area (TPSA) is 71.5 Å². The molecule has 7 heteroatoms. The van der Waals surface area contributed by atoms with E-state index >= 15 is 0 Å². The molecule has 1 N–H and O–H groups in total. The minimum absolute atomic E-state index is 0.0170. The largest absolute Gasteiger partial charge is 0.381 e. The van der Waals surface area contributed by atoms with Gasteiger partial charge >= 0.3 is 0 Å². The summed E-state index contributed by atoms with van der Waals surface area (Å²) in [7, 11) is 0. The second-order valence-electron chi connectivity index (χ2n) is 7.91. The molecule has 1 aliphatic carbocycles. The van der Waals surface area contributed by atoms with Crippen LogP contribution in [0.1, 0.15) is 55.6 Å². The van der Waals surface area contributed by atoms with E-state index in [0.717, 1.165) is 49.2 Å². The van der Waals surface area contributed by atoms with Crippen molar-refractivity contribution in [3.63, 3.8) is 0 Å². The third kappa shape index (κ3) is 3.51. The number of rotatable bonds is 4. The highest BCUT2D eigenvalue weighted by atomic mass is 32.1. The van der Waals surface area contributed by atoms with Crippen LogP contribution in [0.2, 0.25) is 0 Å². The molecule has 2 saturated heterocycles. The number of hydrogen-bond acceptors (Lipinski definition) is 5. The van der Waals surface area contributed by atoms with Crippen LogP contribution in [0.15, 0.2) is 5.38 Å². The quantitative estimate of drug-likeness (QED) is 0.875. The van der Waals surface area contributed by atoms with Crippen molar-refractivity contribution in [3.8, 4) is 0 Å². The second kappa shape index (κ2) is 7.27. The van der Waals surface area contributed by atoms with Crippen LogP contribution in [0.25, 0.3) is 0 Å². The number of aromatic nitrogens is 1. The van der Waals surface area contributed by atoms with Gasteiger partial charge in [0.15, 0.2) is 0 Å². The van der Waals surface area contributed by atoms with Crippen LogP contribution in [-0.4, -0.2) is 46.5 Å². The standard InChI is InChI=1S/C19H27N3O3S/c1-13-20-16(12-26-13)10-22-17(23)4-8-19(22)6-2-15(3-7-19)21-18(24)14-5-9-25-11-14/h12,14-15H,2-11H2,1H3,(H,21,24). The lowest BCUT2D eigenvalue weighted by atomic mass is 9.77. The van der Waals surface area contributed by atoms with Gasteiger partial charge in [-0.2, -0.15) is 0 Å². The molecular weight excluding hydrogens is 350 g/mol. The maximum Gasteiger partial charge on any atom is 0.225 e. The van der Waals surface area contributed by atoms with E-state index in [0.29, 0.717) is 26.2 Å². The second-order valence-corrected chi connectivity index (χ2v) is 8.97. The highest BCUT2D eigenvalue weighted by Crippen LogP contribution is 2.43. The molecular formula is C19H27N3O3S. The van der Waals surface area contributed by atoms with E-state index in [-0.39, 0.29) is 29.3 Å². The summed E-state index contributed by atoms with van der Waals surface area (Å²) in [6, 6.07) is 0.229. The van der Waals surface area contributed by atoms with Gasteiger partial charge in [0.2, 0.25) is 11.8 Å². The van der Waals surface area contributed by atoms with Gasteiger partial charge in [0, 0.05) is 30.0 Å². The zero-order valence-electron chi connectivity index (χ0n) is 15.3. The Morgan fingerprint density at radius 1 is 1.38 bits per heavy atom. The Bertz CT molecular complexity index is 675. The minimum atomic E-state index is -0.0354. The molecule has 1 unspecified atom stereocenters. The monoisotopic (exact) mass is 377 g/mol. The molecule has 1 spiro atoms. The normalized spacial score (nSPS) is 31.7. The first-order chi connectivity index (χ1) is 12.6. The third-order valence-electron chi connectivity index (χ3n) is 6.23. The molecule has 0 radical (unpaired) electrons. The molecule has 26 heavy (non-hydrogen) atoms. The van der Waals surface area contributed by atoms with Crippen LogP contribution < -0.4 is 5.32 Å². The number of nitrogens with one attached hydrogen (secondary N) is 1. The van der Waals surface area contributed by atoms with Gasteiger partial charge in [-0.1, -0.05) is 0 Å². The van der Waals surface area contributed by atoms with Gasteiger partial charge in [-0.05, 0) is 45.4 Å². The number of nitrogens with zero attached hydrogens (tertiary/aromatic N) is 2. The molecule has 3 aliphatic rings. The molecule has 1 aromatic heterocycles. The predicted molar refractivity (Wildman–Crippen MR) is 98.7 cm³/mol. The molecule has 1 aromatic rings. The predicted octanol–water partition coefficient (Wildman–Crippen LogP) is 2.41. The van der Waals surface area contributed by atoms with E-state index in [9.17, 15) is 9.59 Å². The molecule has 2 amide bonds. The maximum absolute atomic E-state index is 12.5. The van der Waals surface area contributed by atoms with E-state index < -0.39 is 0 Å². The smallest absolute Gasteiger partial charge is 0.225 e. The number of amides is 2. The first kappa shape index (κ1) is 17.9. The number of carbonyl (C=O) groups is 2. The van der Waals surface area contributed by atoms with E-state index in [4.69, 9.17) is 4.74 Å². The van der Waals surface area contributed by atoms with Crippen molar-refractivity contribution >= 4 is 23.2 Å². The van der Waals surface area contributed by atoms with E-state index in [1.807, 2.05) is 6.92 Å². The highest BCUT2D eigenvalue weighted by molar-refractivity contribution is 7.09. The van der Waals surface area contributed by atoms with Crippen LogP contribution in [0.4, 0.5) is 0 Å². The van der Waals surface area contributed by atoms with Gasteiger partial charge < -0.3 is 15.0 Å². The molecule has 0 aromatic carbocycles. The molecule has 4 rings (SSSR count). The fourth-order valence-electron chi connectivity index (χ4n) is 4.65. The van der Waals surface area contributed by atoms with Gasteiger partial charge in [-0.25, -0.2) is 4.98 Å². The van der Waals surface area contributed by atoms with Crippen molar-refractivity contribution in [2.45, 2.75) is 70.0 Å². The summed E-state index contributed by atoms with van der Waals surface area (Å²) in [5, 5.41) is 6.32. The lowest BCUT2D eigenvalue weighted by Crippen LogP contribution is -2.51. The summed E-state index contributed by atoms with van der Waals surface area (Å²) < 4.78 is 5.32. The zero-order chi connectivity index (χ0) is 18.1. The highest BCUT2D eigenvalue weighted by Gasteiger charge is 2.47. The van der Waals surface area contributed by atoms with Crippen molar-refractivity contribution in [2.24, 2.45) is 5.92 Å². The summed E-state index contributed by atoms with van der Waals surface area (Å²) >= 11 is 1.64.